The van der Waals surface area contributed by atoms with E-state index in [0.29, 0.717) is 17.4 Å². The molecule has 3 N–H and O–H groups in total. The number of pyridine rings is 2. The predicted molar refractivity (Wildman–Crippen MR) is 157 cm³/mol. The van der Waals surface area contributed by atoms with E-state index in [1.165, 1.54) is 44.2 Å². The maximum absolute atomic E-state index is 13.5. The van der Waals surface area contributed by atoms with Crippen molar-refractivity contribution >= 4 is 27.6 Å². The van der Waals surface area contributed by atoms with Crippen LogP contribution in [0.2, 0.25) is 0 Å². The summed E-state index contributed by atoms with van der Waals surface area (Å²) in [4.78, 5) is 17.5. The third kappa shape index (κ3) is 4.51. The standard InChI is InChI=1S/C32H28FN7/c1-19(20-6-3-2-4-7-20)36-24-14-22(16-34-17-24)28-15-26-29(18-35-28)39-40-31(26)32-37-27-9-5-8-25(30(27)38-32)21-10-12-23(33)13-11-21/h5,8-18,20,36H,1-4,6-7H2,(H,37,38)(H,39,40). The number of nitrogens with zero attached hydrogens (tertiary/aromatic N) is 4. The number of para-hydroxylation sites is 1. The Kier molecular flexibility index (Phi) is 6.07. The summed E-state index contributed by atoms with van der Waals surface area (Å²) in [5.74, 6) is 0.884. The topological polar surface area (TPSA) is 95.2 Å². The average molecular weight is 530 g/mol. The van der Waals surface area contributed by atoms with Gasteiger partial charge in [-0.2, -0.15) is 5.10 Å². The first-order valence-corrected chi connectivity index (χ1v) is 13.6. The molecule has 8 heteroatoms. The van der Waals surface area contributed by atoms with Crippen molar-refractivity contribution in [3.05, 3.63) is 91.3 Å². The van der Waals surface area contributed by atoms with E-state index in [9.17, 15) is 4.39 Å². The molecule has 7 nitrogen and oxygen atoms in total. The minimum Gasteiger partial charge on any atom is -0.358 e. The molecule has 0 atom stereocenters. The van der Waals surface area contributed by atoms with Gasteiger partial charge >= 0.3 is 0 Å². The minimum atomic E-state index is -0.267. The Hall–Kier alpha value is -4.85. The van der Waals surface area contributed by atoms with E-state index in [4.69, 9.17) is 4.98 Å². The van der Waals surface area contributed by atoms with Gasteiger partial charge in [0.1, 0.15) is 11.5 Å². The van der Waals surface area contributed by atoms with E-state index in [1.807, 2.05) is 36.7 Å². The number of nitrogens with one attached hydrogen (secondary N) is 3. The van der Waals surface area contributed by atoms with Crippen molar-refractivity contribution in [2.45, 2.75) is 32.1 Å². The van der Waals surface area contributed by atoms with Gasteiger partial charge in [0.25, 0.3) is 0 Å². The molecule has 0 amide bonds. The van der Waals surface area contributed by atoms with Gasteiger partial charge in [-0.1, -0.05) is 50.1 Å². The molecule has 0 spiro atoms. The van der Waals surface area contributed by atoms with E-state index in [-0.39, 0.29) is 5.82 Å². The first-order valence-electron chi connectivity index (χ1n) is 13.6. The summed E-state index contributed by atoms with van der Waals surface area (Å²) in [5, 5.41) is 12.0. The van der Waals surface area contributed by atoms with Crippen LogP contribution in [0.15, 0.2) is 85.5 Å². The van der Waals surface area contributed by atoms with Crippen molar-refractivity contribution in [2.75, 3.05) is 5.32 Å². The number of rotatable bonds is 6. The van der Waals surface area contributed by atoms with Crippen LogP contribution in [0.5, 0.6) is 0 Å². The zero-order chi connectivity index (χ0) is 27.1. The highest BCUT2D eigenvalue weighted by Gasteiger charge is 2.18. The molecule has 4 heterocycles. The smallest absolute Gasteiger partial charge is 0.159 e. The van der Waals surface area contributed by atoms with Gasteiger partial charge in [-0.25, -0.2) is 9.37 Å². The Balaban J connectivity index is 1.22. The fourth-order valence-electron chi connectivity index (χ4n) is 5.65. The van der Waals surface area contributed by atoms with Gasteiger partial charge in [-0.05, 0) is 54.7 Å². The van der Waals surface area contributed by atoms with Crippen LogP contribution in [0, 0.1) is 11.7 Å². The first-order chi connectivity index (χ1) is 19.6. The van der Waals surface area contributed by atoms with E-state index in [1.54, 1.807) is 18.3 Å². The molecule has 1 aliphatic carbocycles. The zero-order valence-corrected chi connectivity index (χ0v) is 21.9. The van der Waals surface area contributed by atoms with Crippen LogP contribution < -0.4 is 5.32 Å². The molecule has 198 valence electrons. The third-order valence-electron chi connectivity index (χ3n) is 7.78. The molecule has 2 aromatic carbocycles. The molecule has 0 unspecified atom stereocenters. The van der Waals surface area contributed by atoms with Crippen molar-refractivity contribution < 1.29 is 4.39 Å². The Morgan fingerprint density at radius 1 is 0.925 bits per heavy atom. The molecule has 4 aromatic heterocycles. The minimum absolute atomic E-state index is 0.267. The van der Waals surface area contributed by atoms with Gasteiger partial charge in [0, 0.05) is 28.4 Å². The molecule has 1 fully saturated rings. The number of fused-ring (bicyclic) bond motifs is 2. The second-order valence-corrected chi connectivity index (χ2v) is 10.4. The van der Waals surface area contributed by atoms with Crippen LogP contribution in [-0.4, -0.2) is 30.1 Å². The molecule has 40 heavy (non-hydrogen) atoms. The summed E-state index contributed by atoms with van der Waals surface area (Å²) in [6.45, 7) is 4.31. The number of halogens is 1. The number of H-pyrrole nitrogens is 2. The van der Waals surface area contributed by atoms with Crippen LogP contribution >= 0.6 is 0 Å². The fourth-order valence-corrected chi connectivity index (χ4v) is 5.65. The van der Waals surface area contributed by atoms with E-state index >= 15 is 0 Å². The number of imidazole rings is 1. The van der Waals surface area contributed by atoms with Crippen molar-refractivity contribution in [1.82, 2.24) is 30.1 Å². The second kappa shape index (κ2) is 10.0. The zero-order valence-electron chi connectivity index (χ0n) is 21.9. The van der Waals surface area contributed by atoms with Crippen molar-refractivity contribution in [3.63, 3.8) is 0 Å². The molecule has 0 aliphatic heterocycles. The van der Waals surface area contributed by atoms with Gasteiger partial charge in [-0.15, -0.1) is 0 Å². The van der Waals surface area contributed by atoms with Crippen LogP contribution in [0.25, 0.3) is 55.8 Å². The lowest BCUT2D eigenvalue weighted by atomic mass is 9.87. The molecule has 0 radical (unpaired) electrons. The van der Waals surface area contributed by atoms with Crippen LogP contribution in [0.1, 0.15) is 32.1 Å². The summed E-state index contributed by atoms with van der Waals surface area (Å²) in [6, 6.07) is 16.5. The van der Waals surface area contributed by atoms with Crippen LogP contribution in [-0.2, 0) is 0 Å². The lowest BCUT2D eigenvalue weighted by Crippen LogP contribution is -2.14. The molecule has 1 saturated carbocycles. The quantitative estimate of drug-likeness (QED) is 0.204. The fraction of sp³-hybridized carbons (Fsp3) is 0.188. The average Bonchev–Trinajstić information content (AvgIpc) is 3.62. The number of aromatic amines is 2. The number of aromatic nitrogens is 6. The maximum Gasteiger partial charge on any atom is 0.159 e. The Labute approximate surface area is 230 Å². The van der Waals surface area contributed by atoms with Gasteiger partial charge in [0.2, 0.25) is 0 Å². The predicted octanol–water partition coefficient (Wildman–Crippen LogP) is 7.88. The molecular weight excluding hydrogens is 501 g/mol. The van der Waals surface area contributed by atoms with Gasteiger partial charge in [0.05, 0.1) is 40.3 Å². The summed E-state index contributed by atoms with van der Waals surface area (Å²) in [5.41, 5.74) is 8.68. The molecule has 6 aromatic rings. The van der Waals surface area contributed by atoms with Gasteiger partial charge in [-0.3, -0.25) is 15.1 Å². The highest BCUT2D eigenvalue weighted by molar-refractivity contribution is 5.97. The molecular formula is C32H28FN7. The molecule has 7 rings (SSSR count). The lowest BCUT2D eigenvalue weighted by Gasteiger charge is -2.24. The Morgan fingerprint density at radius 3 is 2.62 bits per heavy atom. The highest BCUT2D eigenvalue weighted by atomic mass is 19.1. The van der Waals surface area contributed by atoms with E-state index < -0.39 is 0 Å². The number of hydrogen-bond acceptors (Lipinski definition) is 5. The Morgan fingerprint density at radius 2 is 1.77 bits per heavy atom. The van der Waals surface area contributed by atoms with Crippen LogP contribution in [0.3, 0.4) is 0 Å². The van der Waals surface area contributed by atoms with E-state index in [2.05, 4.69) is 43.1 Å². The summed E-state index contributed by atoms with van der Waals surface area (Å²) < 4.78 is 13.5. The molecule has 0 saturated heterocycles. The summed E-state index contributed by atoms with van der Waals surface area (Å²) >= 11 is 0. The van der Waals surface area contributed by atoms with E-state index in [0.717, 1.165) is 55.7 Å². The first kappa shape index (κ1) is 24.2. The second-order valence-electron chi connectivity index (χ2n) is 10.4. The maximum atomic E-state index is 13.5. The lowest BCUT2D eigenvalue weighted by molar-refractivity contribution is 0.405. The van der Waals surface area contributed by atoms with Crippen molar-refractivity contribution in [1.29, 1.82) is 0 Å². The Bertz CT molecular complexity index is 1850. The monoisotopic (exact) mass is 529 g/mol. The van der Waals surface area contributed by atoms with Crippen LogP contribution in [0.4, 0.5) is 10.1 Å². The SMILES string of the molecule is C=C(Nc1cncc(-c2cc3c(-c4nc5c(-c6ccc(F)cc6)cccc5[nH]4)n[nH]c3cn2)c1)C1CCCCC1. The van der Waals surface area contributed by atoms with Gasteiger partial charge in [0.15, 0.2) is 5.82 Å². The number of hydrogen-bond donors (Lipinski definition) is 3. The highest BCUT2D eigenvalue weighted by Crippen LogP contribution is 2.34. The largest absolute Gasteiger partial charge is 0.358 e. The number of anilines is 1. The summed E-state index contributed by atoms with van der Waals surface area (Å²) in [6.07, 6.45) is 11.6. The summed E-state index contributed by atoms with van der Waals surface area (Å²) in [7, 11) is 0. The molecule has 1 aliphatic rings. The number of allylic oxidation sites excluding steroid dienone is 1. The third-order valence-corrected chi connectivity index (χ3v) is 7.78. The van der Waals surface area contributed by atoms with Gasteiger partial charge < -0.3 is 10.3 Å². The number of benzene rings is 2. The van der Waals surface area contributed by atoms with Crippen molar-refractivity contribution in [3.8, 4) is 33.9 Å². The normalized spacial score (nSPS) is 14.1. The van der Waals surface area contributed by atoms with Crippen molar-refractivity contribution in [2.24, 2.45) is 5.92 Å². The molecule has 0 bridgehead atoms.